The molecule has 0 atom stereocenters. The Morgan fingerprint density at radius 2 is 1.89 bits per heavy atom. The molecule has 1 amide bonds. The molecule has 4 nitrogen and oxygen atoms in total. The lowest BCUT2D eigenvalue weighted by Crippen LogP contribution is -2.15. The summed E-state index contributed by atoms with van der Waals surface area (Å²) >= 11 is 0. The lowest BCUT2D eigenvalue weighted by Gasteiger charge is -2.11. The molecule has 0 radical (unpaired) electrons. The average molecular weight is 255 g/mol. The van der Waals surface area contributed by atoms with Gasteiger partial charge in [0, 0.05) is 0 Å². The zero-order valence-corrected chi connectivity index (χ0v) is 8.98. The summed E-state index contributed by atoms with van der Waals surface area (Å²) in [5.41, 5.74) is -1.12. The molecule has 2 aromatic rings. The van der Waals surface area contributed by atoms with Gasteiger partial charge in [0.05, 0.1) is 17.6 Å². The van der Waals surface area contributed by atoms with E-state index in [4.69, 9.17) is 0 Å². The quantitative estimate of drug-likeness (QED) is 0.856. The van der Waals surface area contributed by atoms with Crippen molar-refractivity contribution in [2.75, 3.05) is 5.32 Å². The summed E-state index contributed by atoms with van der Waals surface area (Å²) in [6, 6.07) is 7.87. The number of nitrogens with one attached hydrogen (secondary N) is 1. The Balaban J connectivity index is 2.59. The molecule has 0 aliphatic heterocycles. The maximum Gasteiger partial charge on any atom is 0.435 e. The van der Waals surface area contributed by atoms with Crippen LogP contribution in [0.15, 0.2) is 36.5 Å². The minimum absolute atomic E-state index is 0.182. The third-order valence-corrected chi connectivity index (χ3v) is 2.25. The molecule has 0 spiro atoms. The highest BCUT2D eigenvalue weighted by atomic mass is 19.4. The summed E-state index contributed by atoms with van der Waals surface area (Å²) in [4.78, 5) is 10.3. The third-order valence-electron chi connectivity index (χ3n) is 2.25. The van der Waals surface area contributed by atoms with Crippen LogP contribution < -0.4 is 5.32 Å². The highest BCUT2D eigenvalue weighted by molar-refractivity contribution is 5.73. The molecule has 1 aromatic carbocycles. The van der Waals surface area contributed by atoms with Gasteiger partial charge in [0.15, 0.2) is 5.69 Å². The number of carbonyl (C=O) groups excluding carboxylic acids is 1. The second-order valence-corrected chi connectivity index (χ2v) is 3.41. The molecule has 0 aliphatic carbocycles. The van der Waals surface area contributed by atoms with Crippen LogP contribution in [0, 0.1) is 0 Å². The van der Waals surface area contributed by atoms with E-state index in [-0.39, 0.29) is 17.8 Å². The molecule has 7 heteroatoms. The fourth-order valence-electron chi connectivity index (χ4n) is 1.56. The molecule has 18 heavy (non-hydrogen) atoms. The molecule has 1 N–H and O–H groups in total. The van der Waals surface area contributed by atoms with Crippen molar-refractivity contribution in [3.05, 3.63) is 42.2 Å². The van der Waals surface area contributed by atoms with Gasteiger partial charge in [-0.25, -0.2) is 4.68 Å². The van der Waals surface area contributed by atoms with Crippen LogP contribution in [0.3, 0.4) is 0 Å². The number of anilines is 1. The minimum atomic E-state index is -4.61. The summed E-state index contributed by atoms with van der Waals surface area (Å²) < 4.78 is 39.5. The molecule has 0 fully saturated rings. The van der Waals surface area contributed by atoms with Gasteiger partial charge in [-0.2, -0.15) is 18.3 Å². The van der Waals surface area contributed by atoms with E-state index in [0.29, 0.717) is 0 Å². The first-order valence-corrected chi connectivity index (χ1v) is 4.95. The zero-order valence-electron chi connectivity index (χ0n) is 8.98. The van der Waals surface area contributed by atoms with Crippen molar-refractivity contribution >= 4 is 12.1 Å². The summed E-state index contributed by atoms with van der Waals surface area (Å²) in [7, 11) is 0. The Morgan fingerprint density at radius 1 is 1.22 bits per heavy atom. The molecule has 94 valence electrons. The molecule has 1 heterocycles. The molecule has 0 unspecified atom stereocenters. The number of halogens is 3. The Bertz CT molecular complexity index is 548. The Hall–Kier alpha value is -2.31. The lowest BCUT2D eigenvalue weighted by atomic mass is 10.3. The fraction of sp³-hybridized carbons (Fsp3) is 0.0909. The van der Waals surface area contributed by atoms with Crippen LogP contribution in [-0.2, 0) is 11.0 Å². The maximum atomic E-state index is 12.9. The van der Waals surface area contributed by atoms with Gasteiger partial charge in [-0.1, -0.05) is 18.2 Å². The number of hydrogen-bond acceptors (Lipinski definition) is 2. The number of para-hydroxylation sites is 1. The standard InChI is InChI=1S/C11H8F3N3O/c12-11(13,14)10-9(15-7-18)6-16-17(10)8-4-2-1-3-5-8/h1-7H,(H,15,18). The van der Waals surface area contributed by atoms with Gasteiger partial charge in [-0.05, 0) is 12.1 Å². The first kappa shape index (κ1) is 12.2. The summed E-state index contributed by atoms with van der Waals surface area (Å²) in [5.74, 6) is 0. The second-order valence-electron chi connectivity index (χ2n) is 3.41. The van der Waals surface area contributed by atoms with Gasteiger partial charge in [0.25, 0.3) is 0 Å². The third kappa shape index (κ3) is 2.20. The van der Waals surface area contributed by atoms with E-state index < -0.39 is 11.9 Å². The minimum Gasteiger partial charge on any atom is -0.326 e. The van der Waals surface area contributed by atoms with Gasteiger partial charge in [-0.15, -0.1) is 0 Å². The Labute approximate surface area is 100 Å². The monoisotopic (exact) mass is 255 g/mol. The smallest absolute Gasteiger partial charge is 0.326 e. The van der Waals surface area contributed by atoms with Crippen molar-refractivity contribution in [3.63, 3.8) is 0 Å². The van der Waals surface area contributed by atoms with E-state index in [2.05, 4.69) is 5.10 Å². The van der Waals surface area contributed by atoms with Crippen molar-refractivity contribution in [3.8, 4) is 5.69 Å². The van der Waals surface area contributed by atoms with Crippen LogP contribution in [0.1, 0.15) is 5.69 Å². The number of aromatic nitrogens is 2. The molecular weight excluding hydrogens is 247 g/mol. The molecule has 0 saturated heterocycles. The average Bonchev–Trinajstić information content (AvgIpc) is 2.74. The number of benzene rings is 1. The molecule has 0 saturated carbocycles. The van der Waals surface area contributed by atoms with Crippen LogP contribution in [0.4, 0.5) is 18.9 Å². The van der Waals surface area contributed by atoms with Gasteiger partial charge >= 0.3 is 6.18 Å². The van der Waals surface area contributed by atoms with Gasteiger partial charge in [0.2, 0.25) is 6.41 Å². The largest absolute Gasteiger partial charge is 0.435 e. The Morgan fingerprint density at radius 3 is 2.44 bits per heavy atom. The maximum absolute atomic E-state index is 12.9. The number of amides is 1. The van der Waals surface area contributed by atoms with Crippen molar-refractivity contribution in [2.45, 2.75) is 6.18 Å². The Kier molecular flexibility index (Phi) is 3.05. The molecule has 0 bridgehead atoms. The van der Waals surface area contributed by atoms with Gasteiger partial charge in [0.1, 0.15) is 0 Å². The van der Waals surface area contributed by atoms with Crippen molar-refractivity contribution in [1.29, 1.82) is 0 Å². The van der Waals surface area contributed by atoms with E-state index in [1.165, 1.54) is 12.1 Å². The van der Waals surface area contributed by atoms with E-state index in [1.54, 1.807) is 18.2 Å². The molecular formula is C11H8F3N3O. The van der Waals surface area contributed by atoms with Crippen LogP contribution in [0.2, 0.25) is 0 Å². The molecule has 1 aromatic heterocycles. The fourth-order valence-corrected chi connectivity index (χ4v) is 1.56. The number of hydrogen-bond donors (Lipinski definition) is 1. The topological polar surface area (TPSA) is 46.9 Å². The van der Waals surface area contributed by atoms with Crippen molar-refractivity contribution in [1.82, 2.24) is 9.78 Å². The van der Waals surface area contributed by atoms with Crippen LogP contribution in [0.5, 0.6) is 0 Å². The van der Waals surface area contributed by atoms with Crippen LogP contribution >= 0.6 is 0 Å². The van der Waals surface area contributed by atoms with Crippen LogP contribution in [0.25, 0.3) is 5.69 Å². The van der Waals surface area contributed by atoms with E-state index in [9.17, 15) is 18.0 Å². The number of nitrogens with zero attached hydrogens (tertiary/aromatic N) is 2. The number of carbonyl (C=O) groups is 1. The van der Waals surface area contributed by atoms with E-state index in [1.807, 2.05) is 5.32 Å². The van der Waals surface area contributed by atoms with Crippen LogP contribution in [-0.4, -0.2) is 16.2 Å². The SMILES string of the molecule is O=CNc1cnn(-c2ccccc2)c1C(F)(F)F. The highest BCUT2D eigenvalue weighted by Gasteiger charge is 2.38. The van der Waals surface area contributed by atoms with Gasteiger partial charge in [-0.3, -0.25) is 4.79 Å². The van der Waals surface area contributed by atoms with Crippen molar-refractivity contribution in [2.24, 2.45) is 0 Å². The summed E-state index contributed by atoms with van der Waals surface area (Å²) in [5, 5.41) is 5.64. The second kappa shape index (κ2) is 4.52. The van der Waals surface area contributed by atoms with E-state index in [0.717, 1.165) is 10.9 Å². The first-order chi connectivity index (χ1) is 8.54. The summed E-state index contributed by atoms with van der Waals surface area (Å²) in [6.45, 7) is 0. The van der Waals surface area contributed by atoms with E-state index >= 15 is 0 Å². The zero-order chi connectivity index (χ0) is 13.2. The normalized spacial score (nSPS) is 11.3. The van der Waals surface area contributed by atoms with Gasteiger partial charge < -0.3 is 5.32 Å². The van der Waals surface area contributed by atoms with Crippen molar-refractivity contribution < 1.29 is 18.0 Å². The highest BCUT2D eigenvalue weighted by Crippen LogP contribution is 2.35. The molecule has 2 rings (SSSR count). The summed E-state index contributed by atoms with van der Waals surface area (Å²) in [6.07, 6.45) is -3.47. The number of alkyl halides is 3. The predicted octanol–water partition coefficient (Wildman–Crippen LogP) is 2.46. The predicted molar refractivity (Wildman–Crippen MR) is 58.3 cm³/mol. The first-order valence-electron chi connectivity index (χ1n) is 4.95. The lowest BCUT2D eigenvalue weighted by molar-refractivity contribution is -0.142. The molecule has 0 aliphatic rings. The number of rotatable bonds is 3.